The van der Waals surface area contributed by atoms with Crippen LogP contribution in [0.5, 0.6) is 0 Å². The molecule has 13 rings (SSSR count). The fourth-order valence-corrected chi connectivity index (χ4v) is 9.81. The van der Waals surface area contributed by atoms with Gasteiger partial charge in [-0.3, -0.25) is 0 Å². The van der Waals surface area contributed by atoms with Crippen molar-refractivity contribution < 1.29 is 0 Å². The van der Waals surface area contributed by atoms with E-state index in [1.807, 2.05) is 0 Å². The van der Waals surface area contributed by atoms with E-state index >= 15 is 0 Å². The van der Waals surface area contributed by atoms with Gasteiger partial charge in [0.1, 0.15) is 0 Å². The number of fused-ring (bicyclic) bond motifs is 7. The molecule has 2 heterocycles. The third-order valence-corrected chi connectivity index (χ3v) is 12.7. The van der Waals surface area contributed by atoms with Crippen LogP contribution in [0.4, 0.5) is 0 Å². The predicted octanol–water partition coefficient (Wildman–Crippen LogP) is 15.4. The molecule has 0 aliphatic rings. The Morgan fingerprint density at radius 1 is 0.279 bits per heavy atom. The molecule has 0 aliphatic carbocycles. The van der Waals surface area contributed by atoms with Crippen LogP contribution in [0.25, 0.3) is 126 Å². The maximum absolute atomic E-state index is 5.33. The molecule has 0 atom stereocenters. The van der Waals surface area contributed by atoms with Gasteiger partial charge in [-0.25, -0.2) is 9.97 Å². The molecule has 0 spiro atoms. The molecule has 0 bridgehead atoms. The first-order chi connectivity index (χ1) is 30.2. The Labute approximate surface area is 351 Å². The summed E-state index contributed by atoms with van der Waals surface area (Å²) in [5.74, 6) is 0.702. The van der Waals surface area contributed by atoms with Crippen LogP contribution in [0, 0.1) is 0 Å². The van der Waals surface area contributed by atoms with Gasteiger partial charge in [-0.05, 0) is 108 Å². The molecule has 11 aromatic carbocycles. The summed E-state index contributed by atoms with van der Waals surface area (Å²) in [7, 11) is 0. The lowest BCUT2D eigenvalue weighted by Gasteiger charge is -2.14. The lowest BCUT2D eigenvalue weighted by atomic mass is 9.90. The standard InChI is InChI=1S/C58H35N3/c1-2-12-36(13-3-1)41-26-27-42-34-54-57-55(50(42)33-41)48-21-9-8-20-47(48)49-22-11-23-53(56(49)57)61(54)46-19-10-18-43(32-46)51-35-52(44-28-24-37-14-4-6-16-39(37)30-44)60-58(59-51)45-29-25-38-15-5-7-17-40(38)31-45/h1-35H. The van der Waals surface area contributed by atoms with Crippen molar-refractivity contribution in [1.82, 2.24) is 14.5 Å². The summed E-state index contributed by atoms with van der Waals surface area (Å²) in [6.45, 7) is 0. The van der Waals surface area contributed by atoms with Gasteiger partial charge < -0.3 is 4.57 Å². The second-order valence-corrected chi connectivity index (χ2v) is 16.2. The van der Waals surface area contributed by atoms with E-state index in [0.717, 1.165) is 39.2 Å². The van der Waals surface area contributed by atoms with E-state index in [4.69, 9.17) is 9.97 Å². The second-order valence-electron chi connectivity index (χ2n) is 16.2. The topological polar surface area (TPSA) is 30.7 Å². The second kappa shape index (κ2) is 13.2. The Hall–Kier alpha value is -8.14. The van der Waals surface area contributed by atoms with Crippen LogP contribution < -0.4 is 0 Å². The minimum absolute atomic E-state index is 0.702. The van der Waals surface area contributed by atoms with Gasteiger partial charge in [-0.15, -0.1) is 0 Å². The van der Waals surface area contributed by atoms with Gasteiger partial charge in [0.25, 0.3) is 0 Å². The molecular weight excluding hydrogens is 739 g/mol. The summed E-state index contributed by atoms with van der Waals surface area (Å²) in [5.41, 5.74) is 10.8. The number of benzene rings is 11. The van der Waals surface area contributed by atoms with Gasteiger partial charge in [0.05, 0.1) is 22.4 Å². The van der Waals surface area contributed by atoms with Gasteiger partial charge in [0.15, 0.2) is 5.82 Å². The van der Waals surface area contributed by atoms with Crippen LogP contribution in [0.3, 0.4) is 0 Å². The lowest BCUT2D eigenvalue weighted by molar-refractivity contribution is 1.17. The fraction of sp³-hybridized carbons (Fsp3) is 0. The predicted molar refractivity (Wildman–Crippen MR) is 257 cm³/mol. The molecule has 0 saturated heterocycles. The van der Waals surface area contributed by atoms with Crippen LogP contribution in [-0.4, -0.2) is 14.5 Å². The number of nitrogens with zero attached hydrogens (tertiary/aromatic N) is 3. The molecule has 2 aromatic heterocycles. The van der Waals surface area contributed by atoms with Gasteiger partial charge in [0.2, 0.25) is 0 Å². The molecule has 282 valence electrons. The minimum atomic E-state index is 0.702. The molecule has 0 aliphatic heterocycles. The molecular formula is C58H35N3. The first-order valence-electron chi connectivity index (χ1n) is 20.9. The normalized spacial score (nSPS) is 11.9. The van der Waals surface area contributed by atoms with Crippen LogP contribution >= 0.6 is 0 Å². The van der Waals surface area contributed by atoms with Crippen molar-refractivity contribution in [2.75, 3.05) is 0 Å². The third-order valence-electron chi connectivity index (χ3n) is 12.7. The van der Waals surface area contributed by atoms with Gasteiger partial charge in [0, 0.05) is 38.5 Å². The summed E-state index contributed by atoms with van der Waals surface area (Å²) in [5, 5.41) is 15.0. The highest BCUT2D eigenvalue weighted by Gasteiger charge is 2.22. The minimum Gasteiger partial charge on any atom is -0.309 e. The SMILES string of the molecule is c1ccc(-c2ccc3cc4c5c(c3c2)c2ccccc2c2cccc(c25)n4-c2cccc(-c3cc(-c4ccc5ccccc5c4)nc(-c4ccc5ccccc5c4)n3)c2)cc1. The van der Waals surface area contributed by atoms with Gasteiger partial charge in [-0.1, -0.05) is 164 Å². The van der Waals surface area contributed by atoms with Crippen molar-refractivity contribution >= 4 is 75.7 Å². The highest BCUT2D eigenvalue weighted by atomic mass is 15.0. The first-order valence-corrected chi connectivity index (χ1v) is 20.9. The lowest BCUT2D eigenvalue weighted by Crippen LogP contribution is -1.98. The molecule has 3 heteroatoms. The van der Waals surface area contributed by atoms with Crippen molar-refractivity contribution in [3.63, 3.8) is 0 Å². The average Bonchev–Trinajstić information content (AvgIpc) is 3.67. The zero-order chi connectivity index (χ0) is 40.0. The first kappa shape index (κ1) is 33.8. The van der Waals surface area contributed by atoms with Crippen LogP contribution in [-0.2, 0) is 0 Å². The van der Waals surface area contributed by atoms with E-state index in [1.54, 1.807) is 0 Å². The maximum atomic E-state index is 5.33. The zero-order valence-electron chi connectivity index (χ0n) is 33.0. The maximum Gasteiger partial charge on any atom is 0.160 e. The van der Waals surface area contributed by atoms with Crippen molar-refractivity contribution in [2.45, 2.75) is 0 Å². The monoisotopic (exact) mass is 773 g/mol. The van der Waals surface area contributed by atoms with E-state index in [2.05, 4.69) is 217 Å². The van der Waals surface area contributed by atoms with Gasteiger partial charge >= 0.3 is 0 Å². The van der Waals surface area contributed by atoms with E-state index < -0.39 is 0 Å². The third kappa shape index (κ3) is 5.31. The van der Waals surface area contributed by atoms with Crippen LogP contribution in [0.2, 0.25) is 0 Å². The van der Waals surface area contributed by atoms with E-state index in [0.29, 0.717) is 5.82 Å². The fourth-order valence-electron chi connectivity index (χ4n) is 9.81. The molecule has 61 heavy (non-hydrogen) atoms. The molecule has 0 unspecified atom stereocenters. The smallest absolute Gasteiger partial charge is 0.160 e. The molecule has 0 N–H and O–H groups in total. The van der Waals surface area contributed by atoms with Gasteiger partial charge in [-0.2, -0.15) is 0 Å². The van der Waals surface area contributed by atoms with Crippen LogP contribution in [0.1, 0.15) is 0 Å². The Balaban J connectivity index is 1.05. The van der Waals surface area contributed by atoms with Crippen molar-refractivity contribution in [2.24, 2.45) is 0 Å². The average molecular weight is 774 g/mol. The zero-order valence-corrected chi connectivity index (χ0v) is 33.0. The Morgan fingerprint density at radius 3 is 1.64 bits per heavy atom. The van der Waals surface area contributed by atoms with Crippen molar-refractivity contribution in [1.29, 1.82) is 0 Å². The number of hydrogen-bond donors (Lipinski definition) is 0. The Kier molecular flexibility index (Phi) is 7.31. The Morgan fingerprint density at radius 2 is 0.852 bits per heavy atom. The molecule has 0 radical (unpaired) electrons. The molecule has 0 fully saturated rings. The number of hydrogen-bond acceptors (Lipinski definition) is 2. The highest BCUT2D eigenvalue weighted by Crippen LogP contribution is 2.47. The summed E-state index contributed by atoms with van der Waals surface area (Å²) in [6.07, 6.45) is 0. The summed E-state index contributed by atoms with van der Waals surface area (Å²) in [4.78, 5) is 10.6. The Bertz CT molecular complexity index is 3780. The summed E-state index contributed by atoms with van der Waals surface area (Å²) < 4.78 is 2.47. The van der Waals surface area contributed by atoms with E-state index in [9.17, 15) is 0 Å². The summed E-state index contributed by atoms with van der Waals surface area (Å²) in [6, 6.07) is 76.9. The van der Waals surface area contributed by atoms with Crippen molar-refractivity contribution in [3.05, 3.63) is 212 Å². The molecule has 3 nitrogen and oxygen atoms in total. The molecule has 0 saturated carbocycles. The van der Waals surface area contributed by atoms with E-state index in [1.165, 1.54) is 81.4 Å². The van der Waals surface area contributed by atoms with E-state index in [-0.39, 0.29) is 0 Å². The summed E-state index contributed by atoms with van der Waals surface area (Å²) >= 11 is 0. The van der Waals surface area contributed by atoms with Crippen molar-refractivity contribution in [3.8, 4) is 50.7 Å². The quantitative estimate of drug-likeness (QED) is 0.163. The molecule has 13 aromatic rings. The molecule has 0 amide bonds. The number of aromatic nitrogens is 3. The largest absolute Gasteiger partial charge is 0.309 e. The van der Waals surface area contributed by atoms with Crippen LogP contribution in [0.15, 0.2) is 212 Å². The highest BCUT2D eigenvalue weighted by molar-refractivity contribution is 6.39. The number of rotatable bonds is 5.